The number of rotatable bonds is 3. The first-order valence-corrected chi connectivity index (χ1v) is 8.82. The fraction of sp³-hybridized carbons (Fsp3) is 0.238. The van der Waals surface area contributed by atoms with E-state index in [1.54, 1.807) is 4.90 Å². The fourth-order valence-corrected chi connectivity index (χ4v) is 3.44. The van der Waals surface area contributed by atoms with Crippen LogP contribution in [0.15, 0.2) is 54.6 Å². The number of aliphatic hydroxyl groups is 1. The van der Waals surface area contributed by atoms with Crippen molar-refractivity contribution in [3.63, 3.8) is 0 Å². The number of benzene rings is 2. The monoisotopic (exact) mass is 347 g/mol. The van der Waals surface area contributed by atoms with Crippen LogP contribution in [-0.2, 0) is 17.8 Å². The molecule has 1 aromatic heterocycles. The van der Waals surface area contributed by atoms with Crippen LogP contribution in [0.5, 0.6) is 0 Å². The molecule has 0 aliphatic carbocycles. The van der Waals surface area contributed by atoms with Crippen LogP contribution in [0.25, 0.3) is 22.4 Å². The molecular formula is C21H21N3O2. The number of aromatic nitrogens is 2. The molecule has 5 nitrogen and oxygen atoms in total. The van der Waals surface area contributed by atoms with E-state index in [2.05, 4.69) is 46.6 Å². The minimum absolute atomic E-state index is 0.234. The molecule has 2 aromatic carbocycles. The summed E-state index contributed by atoms with van der Waals surface area (Å²) in [6.45, 7) is 2.59. The van der Waals surface area contributed by atoms with Crippen molar-refractivity contribution < 1.29 is 9.90 Å². The van der Waals surface area contributed by atoms with Crippen LogP contribution in [0.3, 0.4) is 0 Å². The Morgan fingerprint density at radius 1 is 1.08 bits per heavy atom. The first kappa shape index (κ1) is 16.5. The average Bonchev–Trinajstić information content (AvgIpc) is 3.11. The van der Waals surface area contributed by atoms with Gasteiger partial charge in [0.1, 0.15) is 6.10 Å². The quantitative estimate of drug-likeness (QED) is 0.765. The lowest BCUT2D eigenvalue weighted by atomic mass is 9.98. The number of aromatic amines is 1. The molecule has 2 N–H and O–H groups in total. The van der Waals surface area contributed by atoms with Crippen LogP contribution in [0.1, 0.15) is 18.2 Å². The summed E-state index contributed by atoms with van der Waals surface area (Å²) in [6.07, 6.45) is -0.250. The van der Waals surface area contributed by atoms with Gasteiger partial charge in [0.25, 0.3) is 5.91 Å². The zero-order valence-corrected chi connectivity index (χ0v) is 14.6. The smallest absolute Gasteiger partial charge is 0.251 e. The number of aliphatic hydroxyl groups excluding tert-OH is 1. The standard InChI is InChI=1S/C21H21N3O2/c1-14(25)21(26)24-12-11-19-18(13-24)20(23-22-19)17-9-7-16(8-10-17)15-5-3-2-4-6-15/h2-10,14,25H,11-13H2,1H3,(H,22,23)/t14-/m0/s1. The number of H-pyrrole nitrogens is 1. The van der Waals surface area contributed by atoms with Crippen LogP contribution in [0, 0.1) is 0 Å². The summed E-state index contributed by atoms with van der Waals surface area (Å²) in [5, 5.41) is 17.2. The Balaban J connectivity index is 1.62. The molecule has 2 heterocycles. The summed E-state index contributed by atoms with van der Waals surface area (Å²) in [6, 6.07) is 18.6. The lowest BCUT2D eigenvalue weighted by molar-refractivity contribution is -0.140. The van der Waals surface area contributed by atoms with E-state index in [-0.39, 0.29) is 5.91 Å². The molecule has 0 radical (unpaired) electrons. The molecule has 0 fully saturated rings. The Bertz CT molecular complexity index is 914. The molecule has 4 rings (SSSR count). The normalized spacial score (nSPS) is 14.8. The van der Waals surface area contributed by atoms with Crippen LogP contribution < -0.4 is 0 Å². The number of hydrogen-bond donors (Lipinski definition) is 2. The Morgan fingerprint density at radius 2 is 1.73 bits per heavy atom. The van der Waals surface area contributed by atoms with Crippen molar-refractivity contribution >= 4 is 5.91 Å². The lowest BCUT2D eigenvalue weighted by Gasteiger charge is -2.28. The Morgan fingerprint density at radius 3 is 2.42 bits per heavy atom. The SMILES string of the molecule is C[C@H](O)C(=O)N1CCc2[nH]nc(-c3ccc(-c4ccccc4)cc3)c2C1. The van der Waals surface area contributed by atoms with Gasteiger partial charge in [-0.15, -0.1) is 0 Å². The average molecular weight is 347 g/mol. The zero-order chi connectivity index (χ0) is 18.1. The molecule has 3 aromatic rings. The number of hydrogen-bond acceptors (Lipinski definition) is 3. The van der Waals surface area contributed by atoms with Gasteiger partial charge in [0, 0.05) is 36.3 Å². The highest BCUT2D eigenvalue weighted by Crippen LogP contribution is 2.30. The van der Waals surface area contributed by atoms with E-state index in [4.69, 9.17) is 0 Å². The predicted molar refractivity (Wildman–Crippen MR) is 100 cm³/mol. The van der Waals surface area contributed by atoms with Crippen LogP contribution in [-0.4, -0.2) is 38.8 Å². The predicted octanol–water partition coefficient (Wildman–Crippen LogP) is 3.01. The summed E-state index contributed by atoms with van der Waals surface area (Å²) in [4.78, 5) is 13.8. The summed E-state index contributed by atoms with van der Waals surface area (Å²) < 4.78 is 0. The molecule has 0 unspecified atom stereocenters. The van der Waals surface area contributed by atoms with Gasteiger partial charge in [-0.2, -0.15) is 5.10 Å². The lowest BCUT2D eigenvalue weighted by Crippen LogP contribution is -2.41. The molecule has 0 spiro atoms. The molecule has 1 aliphatic heterocycles. The third-order valence-electron chi connectivity index (χ3n) is 4.87. The number of amides is 1. The maximum atomic E-state index is 12.1. The minimum Gasteiger partial charge on any atom is -0.384 e. The Labute approximate surface area is 152 Å². The molecular weight excluding hydrogens is 326 g/mol. The van der Waals surface area contributed by atoms with Gasteiger partial charge in [-0.05, 0) is 18.1 Å². The molecule has 0 saturated heterocycles. The van der Waals surface area contributed by atoms with E-state index >= 15 is 0 Å². The van der Waals surface area contributed by atoms with Gasteiger partial charge in [-0.25, -0.2) is 0 Å². The molecule has 132 valence electrons. The summed E-state index contributed by atoms with van der Waals surface area (Å²) in [5.41, 5.74) is 6.34. The second-order valence-corrected chi connectivity index (χ2v) is 6.66. The third-order valence-corrected chi connectivity index (χ3v) is 4.87. The maximum absolute atomic E-state index is 12.1. The van der Waals surface area contributed by atoms with E-state index in [0.717, 1.165) is 34.5 Å². The van der Waals surface area contributed by atoms with Gasteiger partial charge < -0.3 is 10.0 Å². The molecule has 1 amide bonds. The zero-order valence-electron chi connectivity index (χ0n) is 14.6. The van der Waals surface area contributed by atoms with Crippen molar-refractivity contribution in [2.24, 2.45) is 0 Å². The van der Waals surface area contributed by atoms with Crippen molar-refractivity contribution in [3.8, 4) is 22.4 Å². The van der Waals surface area contributed by atoms with Gasteiger partial charge in [-0.3, -0.25) is 9.89 Å². The van der Waals surface area contributed by atoms with Crippen molar-refractivity contribution in [1.29, 1.82) is 0 Å². The molecule has 1 atom stereocenters. The third kappa shape index (κ3) is 3.02. The number of carbonyl (C=O) groups is 1. The fourth-order valence-electron chi connectivity index (χ4n) is 3.44. The summed E-state index contributed by atoms with van der Waals surface area (Å²) in [7, 11) is 0. The van der Waals surface area contributed by atoms with Gasteiger partial charge in [0.05, 0.1) is 5.69 Å². The largest absolute Gasteiger partial charge is 0.384 e. The van der Waals surface area contributed by atoms with Gasteiger partial charge in [-0.1, -0.05) is 54.6 Å². The highest BCUT2D eigenvalue weighted by atomic mass is 16.3. The second kappa shape index (κ2) is 6.77. The molecule has 1 aliphatic rings. The highest BCUT2D eigenvalue weighted by Gasteiger charge is 2.27. The van der Waals surface area contributed by atoms with Gasteiger partial charge in [0.15, 0.2) is 0 Å². The number of nitrogens with zero attached hydrogens (tertiary/aromatic N) is 2. The van der Waals surface area contributed by atoms with E-state index in [1.807, 2.05) is 18.2 Å². The van der Waals surface area contributed by atoms with Crippen molar-refractivity contribution in [1.82, 2.24) is 15.1 Å². The minimum atomic E-state index is -0.975. The first-order valence-electron chi connectivity index (χ1n) is 8.82. The summed E-state index contributed by atoms with van der Waals surface area (Å²) in [5.74, 6) is -0.234. The van der Waals surface area contributed by atoms with Crippen LogP contribution in [0.4, 0.5) is 0 Å². The number of fused-ring (bicyclic) bond motifs is 1. The van der Waals surface area contributed by atoms with Gasteiger partial charge >= 0.3 is 0 Å². The number of carbonyl (C=O) groups excluding carboxylic acids is 1. The Hall–Kier alpha value is -2.92. The second-order valence-electron chi connectivity index (χ2n) is 6.66. The van der Waals surface area contributed by atoms with Crippen LogP contribution >= 0.6 is 0 Å². The van der Waals surface area contributed by atoms with Crippen molar-refractivity contribution in [3.05, 3.63) is 65.9 Å². The van der Waals surface area contributed by atoms with E-state index < -0.39 is 6.10 Å². The Kier molecular flexibility index (Phi) is 4.31. The summed E-state index contributed by atoms with van der Waals surface area (Å²) >= 11 is 0. The van der Waals surface area contributed by atoms with E-state index in [1.165, 1.54) is 12.5 Å². The topological polar surface area (TPSA) is 69.2 Å². The molecule has 26 heavy (non-hydrogen) atoms. The maximum Gasteiger partial charge on any atom is 0.251 e. The van der Waals surface area contributed by atoms with Crippen LogP contribution in [0.2, 0.25) is 0 Å². The highest BCUT2D eigenvalue weighted by molar-refractivity contribution is 5.81. The molecule has 5 heteroatoms. The first-order chi connectivity index (χ1) is 12.6. The number of nitrogens with one attached hydrogen (secondary N) is 1. The van der Waals surface area contributed by atoms with E-state index in [9.17, 15) is 9.90 Å². The van der Waals surface area contributed by atoms with E-state index in [0.29, 0.717) is 13.1 Å². The van der Waals surface area contributed by atoms with Gasteiger partial charge in [0.2, 0.25) is 0 Å². The van der Waals surface area contributed by atoms with Crippen molar-refractivity contribution in [2.45, 2.75) is 26.0 Å². The molecule has 0 bridgehead atoms. The molecule has 0 saturated carbocycles. The van der Waals surface area contributed by atoms with Crippen molar-refractivity contribution in [2.75, 3.05) is 6.54 Å².